The van der Waals surface area contributed by atoms with Crippen LogP contribution in [0.3, 0.4) is 0 Å². The fourth-order valence-electron chi connectivity index (χ4n) is 4.69. The Balaban J connectivity index is 1.39. The molecule has 0 saturated carbocycles. The minimum absolute atomic E-state index is 0.00922. The number of nitriles is 2. The largest absolute Gasteiger partial charge is 0.314 e. The number of halogens is 1. The van der Waals surface area contributed by atoms with Crippen LogP contribution in [-0.2, 0) is 17.9 Å². The van der Waals surface area contributed by atoms with Gasteiger partial charge in [0.2, 0.25) is 5.96 Å². The number of hydrogen-bond donors (Lipinski definition) is 0. The molecule has 3 heterocycles. The first-order valence-corrected chi connectivity index (χ1v) is 11.2. The monoisotopic (exact) mass is 456 g/mol. The Bertz CT molecular complexity index is 1240. The summed E-state index contributed by atoms with van der Waals surface area (Å²) in [6, 6.07) is 17.0. The molecule has 0 bridgehead atoms. The Hall–Kier alpha value is -3.65. The lowest BCUT2D eigenvalue weighted by molar-refractivity contribution is -0.125. The minimum Gasteiger partial charge on any atom is -0.314 e. The van der Waals surface area contributed by atoms with Crippen molar-refractivity contribution in [3.63, 3.8) is 0 Å². The van der Waals surface area contributed by atoms with Gasteiger partial charge in [-0.25, -0.2) is 0 Å². The SMILES string of the molecule is N#Cc1cc(C#N)cc(CN2CCC3=C(C2)C(=O)N(Cc2ccc(Cl)cc2)C2=NCCN23)c1. The number of guanidine groups is 1. The van der Waals surface area contributed by atoms with Gasteiger partial charge in [-0.2, -0.15) is 10.5 Å². The molecule has 8 heteroatoms. The number of amides is 1. The second kappa shape index (κ2) is 8.71. The highest BCUT2D eigenvalue weighted by atomic mass is 35.5. The topological polar surface area (TPSA) is 86.7 Å². The molecule has 1 amide bonds. The number of aliphatic imine (C=N–C) groups is 1. The maximum Gasteiger partial charge on any atom is 0.259 e. The first-order chi connectivity index (χ1) is 16.1. The summed E-state index contributed by atoms with van der Waals surface area (Å²) in [5.41, 5.74) is 4.72. The molecule has 2 aromatic carbocycles. The van der Waals surface area contributed by atoms with E-state index in [2.05, 4.69) is 26.9 Å². The standard InChI is InChI=1S/C25H21ClN6O/c26-21-3-1-17(2-4-21)15-32-24(33)22-16-30(7-5-23(22)31-8-6-29-25(31)32)14-20-10-18(12-27)9-19(11-20)13-28/h1-4,9-11H,5-8,14-16H2. The van der Waals surface area contributed by atoms with E-state index in [-0.39, 0.29) is 5.91 Å². The van der Waals surface area contributed by atoms with E-state index in [0.29, 0.717) is 42.3 Å². The second-order valence-electron chi connectivity index (χ2n) is 8.38. The first kappa shape index (κ1) is 21.2. The van der Waals surface area contributed by atoms with Gasteiger partial charge in [-0.3, -0.25) is 19.6 Å². The van der Waals surface area contributed by atoms with Crippen LogP contribution < -0.4 is 0 Å². The Kier molecular flexibility index (Phi) is 5.60. The molecule has 0 atom stereocenters. The van der Waals surface area contributed by atoms with Gasteiger partial charge in [-0.1, -0.05) is 23.7 Å². The van der Waals surface area contributed by atoms with Crippen LogP contribution in [0.15, 0.2) is 58.7 Å². The fourth-order valence-corrected chi connectivity index (χ4v) is 4.82. The van der Waals surface area contributed by atoms with E-state index in [4.69, 9.17) is 11.6 Å². The average molecular weight is 457 g/mol. The van der Waals surface area contributed by atoms with Crippen LogP contribution in [0.4, 0.5) is 0 Å². The summed E-state index contributed by atoms with van der Waals surface area (Å²) in [4.78, 5) is 24.4. The number of carbonyl (C=O) groups is 1. The number of hydrogen-bond acceptors (Lipinski definition) is 6. The van der Waals surface area contributed by atoms with E-state index in [1.54, 1.807) is 11.0 Å². The molecule has 0 fully saturated rings. The normalized spacial score (nSPS) is 17.9. The van der Waals surface area contributed by atoms with Crippen molar-refractivity contribution in [3.8, 4) is 12.1 Å². The highest BCUT2D eigenvalue weighted by molar-refractivity contribution is 6.30. The third-order valence-corrected chi connectivity index (χ3v) is 6.45. The third kappa shape index (κ3) is 4.09. The summed E-state index contributed by atoms with van der Waals surface area (Å²) >= 11 is 6.02. The molecular formula is C25H21ClN6O. The Morgan fingerprint density at radius 1 is 0.970 bits per heavy atom. The van der Waals surface area contributed by atoms with E-state index < -0.39 is 0 Å². The highest BCUT2D eigenvalue weighted by Crippen LogP contribution is 2.32. The quantitative estimate of drug-likeness (QED) is 0.704. The summed E-state index contributed by atoms with van der Waals surface area (Å²) in [7, 11) is 0. The van der Waals surface area contributed by atoms with Crippen LogP contribution in [0.5, 0.6) is 0 Å². The zero-order valence-corrected chi connectivity index (χ0v) is 18.7. The molecule has 3 aliphatic heterocycles. The van der Waals surface area contributed by atoms with Crippen molar-refractivity contribution in [2.45, 2.75) is 19.5 Å². The van der Waals surface area contributed by atoms with E-state index >= 15 is 0 Å². The predicted octanol–water partition coefficient (Wildman–Crippen LogP) is 3.26. The molecule has 0 saturated heterocycles. The summed E-state index contributed by atoms with van der Waals surface area (Å²) < 4.78 is 0. The van der Waals surface area contributed by atoms with Crippen molar-refractivity contribution in [2.75, 3.05) is 26.2 Å². The third-order valence-electron chi connectivity index (χ3n) is 6.19. The molecule has 2 aromatic rings. The lowest BCUT2D eigenvalue weighted by Gasteiger charge is -2.42. The molecule has 0 spiro atoms. The van der Waals surface area contributed by atoms with Crippen LogP contribution >= 0.6 is 11.6 Å². The number of nitrogens with zero attached hydrogens (tertiary/aromatic N) is 6. The Morgan fingerprint density at radius 3 is 2.39 bits per heavy atom. The van der Waals surface area contributed by atoms with Gasteiger partial charge < -0.3 is 4.90 Å². The van der Waals surface area contributed by atoms with Crippen molar-refractivity contribution in [1.29, 1.82) is 10.5 Å². The van der Waals surface area contributed by atoms with E-state index in [0.717, 1.165) is 47.9 Å². The zero-order chi connectivity index (χ0) is 22.9. The molecule has 5 rings (SSSR count). The van der Waals surface area contributed by atoms with Crippen LogP contribution in [-0.4, -0.2) is 52.7 Å². The first-order valence-electron chi connectivity index (χ1n) is 10.8. The van der Waals surface area contributed by atoms with Crippen molar-refractivity contribution < 1.29 is 4.79 Å². The number of fused-ring (bicyclic) bond motifs is 2. The molecule has 0 aromatic heterocycles. The summed E-state index contributed by atoms with van der Waals surface area (Å²) in [6.07, 6.45) is 0.762. The predicted molar refractivity (Wildman–Crippen MR) is 124 cm³/mol. The Morgan fingerprint density at radius 2 is 1.70 bits per heavy atom. The number of rotatable bonds is 4. The van der Waals surface area contributed by atoms with Crippen molar-refractivity contribution in [3.05, 3.63) is 81.0 Å². The summed E-state index contributed by atoms with van der Waals surface area (Å²) in [5, 5.41) is 19.2. The average Bonchev–Trinajstić information content (AvgIpc) is 3.32. The van der Waals surface area contributed by atoms with E-state index in [9.17, 15) is 15.3 Å². The van der Waals surface area contributed by atoms with Gasteiger partial charge in [0.1, 0.15) is 0 Å². The van der Waals surface area contributed by atoms with Gasteiger partial charge in [0.25, 0.3) is 5.91 Å². The summed E-state index contributed by atoms with van der Waals surface area (Å²) in [6.45, 7) is 3.80. The van der Waals surface area contributed by atoms with Crippen molar-refractivity contribution in [1.82, 2.24) is 14.7 Å². The molecular weight excluding hydrogens is 436 g/mol. The number of carbonyl (C=O) groups excluding carboxylic acids is 1. The van der Waals surface area contributed by atoms with Crippen LogP contribution in [0.25, 0.3) is 0 Å². The summed E-state index contributed by atoms with van der Waals surface area (Å²) in [5.74, 6) is 0.729. The molecule has 0 unspecified atom stereocenters. The van der Waals surface area contributed by atoms with Crippen LogP contribution in [0.1, 0.15) is 28.7 Å². The molecule has 164 valence electrons. The lowest BCUT2D eigenvalue weighted by Crippen LogP contribution is -2.53. The van der Waals surface area contributed by atoms with Gasteiger partial charge in [-0.05, 0) is 41.5 Å². The zero-order valence-electron chi connectivity index (χ0n) is 18.0. The minimum atomic E-state index is -0.00922. The maximum atomic E-state index is 13.6. The second-order valence-corrected chi connectivity index (χ2v) is 8.82. The van der Waals surface area contributed by atoms with Crippen molar-refractivity contribution >= 4 is 23.5 Å². The van der Waals surface area contributed by atoms with Gasteiger partial charge in [0.05, 0.1) is 41.9 Å². The molecule has 3 aliphatic rings. The van der Waals surface area contributed by atoms with Gasteiger partial charge >= 0.3 is 0 Å². The molecule has 7 nitrogen and oxygen atoms in total. The van der Waals surface area contributed by atoms with Crippen LogP contribution in [0, 0.1) is 22.7 Å². The van der Waals surface area contributed by atoms with Gasteiger partial charge in [-0.15, -0.1) is 0 Å². The smallest absolute Gasteiger partial charge is 0.259 e. The Labute approximate surface area is 197 Å². The highest BCUT2D eigenvalue weighted by Gasteiger charge is 2.40. The van der Waals surface area contributed by atoms with Gasteiger partial charge in [0.15, 0.2) is 0 Å². The van der Waals surface area contributed by atoms with E-state index in [1.807, 2.05) is 36.4 Å². The maximum absolute atomic E-state index is 13.6. The fraction of sp³-hybridized carbons (Fsp3) is 0.280. The number of benzene rings is 2. The molecule has 0 N–H and O–H groups in total. The molecule has 0 aliphatic carbocycles. The van der Waals surface area contributed by atoms with Crippen molar-refractivity contribution in [2.24, 2.45) is 4.99 Å². The van der Waals surface area contributed by atoms with Gasteiger partial charge in [0, 0.05) is 43.3 Å². The molecule has 0 radical (unpaired) electrons. The van der Waals surface area contributed by atoms with Crippen LogP contribution in [0.2, 0.25) is 5.02 Å². The van der Waals surface area contributed by atoms with E-state index in [1.165, 1.54) is 0 Å². The molecule has 33 heavy (non-hydrogen) atoms. The lowest BCUT2D eigenvalue weighted by atomic mass is 9.99.